The number of benzene rings is 1. The lowest BCUT2D eigenvalue weighted by molar-refractivity contribution is 0.0215. The Bertz CT molecular complexity index is 435. The summed E-state index contributed by atoms with van der Waals surface area (Å²) >= 11 is 0. The van der Waals surface area contributed by atoms with E-state index in [9.17, 15) is 10.2 Å². The Morgan fingerprint density at radius 2 is 2.05 bits per heavy atom. The zero-order chi connectivity index (χ0) is 15.3. The van der Waals surface area contributed by atoms with Crippen molar-refractivity contribution in [3.05, 3.63) is 29.8 Å². The molecule has 1 heterocycles. The molecule has 1 aromatic carbocycles. The number of likely N-dealkylation sites (tertiary alicyclic amines) is 1. The normalized spacial score (nSPS) is 20.2. The highest BCUT2D eigenvalue weighted by molar-refractivity contribution is 5.29. The summed E-state index contributed by atoms with van der Waals surface area (Å²) in [6.07, 6.45) is 2.54. The summed E-state index contributed by atoms with van der Waals surface area (Å²) in [5.74, 6) is 0.774. The van der Waals surface area contributed by atoms with Crippen LogP contribution in [0.5, 0.6) is 5.75 Å². The molecule has 2 rings (SSSR count). The van der Waals surface area contributed by atoms with Gasteiger partial charge in [-0.05, 0) is 55.5 Å². The minimum absolute atomic E-state index is 0.0947. The molecule has 4 heteroatoms. The van der Waals surface area contributed by atoms with Gasteiger partial charge >= 0.3 is 0 Å². The van der Waals surface area contributed by atoms with Gasteiger partial charge in [-0.3, -0.25) is 0 Å². The van der Waals surface area contributed by atoms with Crippen molar-refractivity contribution in [1.82, 2.24) is 4.90 Å². The second-order valence-corrected chi connectivity index (χ2v) is 6.10. The maximum atomic E-state index is 10.4. The van der Waals surface area contributed by atoms with E-state index in [4.69, 9.17) is 4.74 Å². The number of hydrogen-bond acceptors (Lipinski definition) is 4. The molecule has 0 aromatic heterocycles. The van der Waals surface area contributed by atoms with Crippen LogP contribution < -0.4 is 4.74 Å². The summed E-state index contributed by atoms with van der Waals surface area (Å²) in [5.41, 5.74) is 0.987. The highest BCUT2D eigenvalue weighted by Gasteiger charge is 2.32. The van der Waals surface area contributed by atoms with Crippen molar-refractivity contribution in [1.29, 1.82) is 0 Å². The topological polar surface area (TPSA) is 52.9 Å². The van der Waals surface area contributed by atoms with Gasteiger partial charge in [-0.15, -0.1) is 0 Å². The van der Waals surface area contributed by atoms with Crippen molar-refractivity contribution in [2.75, 3.05) is 33.4 Å². The lowest BCUT2D eigenvalue weighted by Gasteiger charge is -2.40. The predicted molar refractivity (Wildman–Crippen MR) is 83.4 cm³/mol. The lowest BCUT2D eigenvalue weighted by Crippen LogP contribution is -2.43. The number of ether oxygens (including phenoxy) is 1. The van der Waals surface area contributed by atoms with E-state index in [-0.39, 0.29) is 12.0 Å². The Morgan fingerprint density at radius 1 is 1.33 bits per heavy atom. The average molecular weight is 293 g/mol. The highest BCUT2D eigenvalue weighted by Crippen LogP contribution is 2.34. The monoisotopic (exact) mass is 293 g/mol. The van der Waals surface area contributed by atoms with E-state index >= 15 is 0 Å². The molecular formula is C17H27NO3. The molecule has 0 bridgehead atoms. The smallest absolute Gasteiger partial charge is 0.119 e. The van der Waals surface area contributed by atoms with Gasteiger partial charge in [-0.25, -0.2) is 0 Å². The number of β-amino-alcohol motifs (C(OH)–C–C–N with tert-alkyl or cyclic N) is 1. The molecule has 1 aliphatic rings. The highest BCUT2D eigenvalue weighted by atomic mass is 16.5. The van der Waals surface area contributed by atoms with Gasteiger partial charge in [-0.2, -0.15) is 0 Å². The number of methoxy groups -OCH3 is 1. The zero-order valence-electron chi connectivity index (χ0n) is 13.1. The standard InChI is InChI=1S/C17H27NO3/c1-3-17(13-19)7-9-18(10-8-17)12-16(20)14-5-4-6-15(11-14)21-2/h4-6,11,16,19-20H,3,7-10,12-13H2,1-2H3. The van der Waals surface area contributed by atoms with E-state index in [2.05, 4.69) is 11.8 Å². The Morgan fingerprint density at radius 3 is 2.62 bits per heavy atom. The second kappa shape index (κ2) is 7.25. The first kappa shape index (κ1) is 16.3. The number of hydrogen-bond donors (Lipinski definition) is 2. The largest absolute Gasteiger partial charge is 0.497 e. The summed E-state index contributed by atoms with van der Waals surface area (Å²) in [5, 5.41) is 20.0. The van der Waals surface area contributed by atoms with Crippen molar-refractivity contribution < 1.29 is 14.9 Å². The Kier molecular flexibility index (Phi) is 5.62. The van der Waals surface area contributed by atoms with Crippen molar-refractivity contribution in [3.8, 4) is 5.75 Å². The third-order valence-electron chi connectivity index (χ3n) is 4.91. The molecule has 118 valence electrons. The second-order valence-electron chi connectivity index (χ2n) is 6.10. The summed E-state index contributed by atoms with van der Waals surface area (Å²) < 4.78 is 5.20. The molecule has 0 radical (unpaired) electrons. The van der Waals surface area contributed by atoms with E-state index in [1.54, 1.807) is 7.11 Å². The van der Waals surface area contributed by atoms with Gasteiger partial charge in [0.25, 0.3) is 0 Å². The molecule has 1 atom stereocenters. The minimum Gasteiger partial charge on any atom is -0.497 e. The van der Waals surface area contributed by atoms with Crippen LogP contribution in [-0.2, 0) is 0 Å². The van der Waals surface area contributed by atoms with Gasteiger partial charge in [-0.1, -0.05) is 19.1 Å². The van der Waals surface area contributed by atoms with Crippen LogP contribution in [0.2, 0.25) is 0 Å². The molecule has 0 spiro atoms. The molecule has 1 unspecified atom stereocenters. The third kappa shape index (κ3) is 3.96. The van der Waals surface area contributed by atoms with Gasteiger partial charge in [0.15, 0.2) is 0 Å². The van der Waals surface area contributed by atoms with Crippen LogP contribution in [0.15, 0.2) is 24.3 Å². The fourth-order valence-electron chi connectivity index (χ4n) is 3.03. The number of aliphatic hydroxyl groups excluding tert-OH is 2. The summed E-state index contributed by atoms with van der Waals surface area (Å²) in [4.78, 5) is 2.29. The number of piperidine rings is 1. The summed E-state index contributed by atoms with van der Waals surface area (Å²) in [7, 11) is 1.63. The quantitative estimate of drug-likeness (QED) is 0.844. The average Bonchev–Trinajstić information content (AvgIpc) is 2.56. The zero-order valence-corrected chi connectivity index (χ0v) is 13.1. The van der Waals surface area contributed by atoms with Gasteiger partial charge in [0.05, 0.1) is 13.2 Å². The third-order valence-corrected chi connectivity index (χ3v) is 4.91. The summed E-state index contributed by atoms with van der Waals surface area (Å²) in [6, 6.07) is 7.61. The first-order chi connectivity index (χ1) is 10.1. The molecule has 0 aliphatic carbocycles. The molecule has 1 saturated heterocycles. The fourth-order valence-corrected chi connectivity index (χ4v) is 3.03. The van der Waals surface area contributed by atoms with E-state index in [1.165, 1.54) is 0 Å². The van der Waals surface area contributed by atoms with Crippen LogP contribution in [-0.4, -0.2) is 48.5 Å². The molecule has 1 aromatic rings. The lowest BCUT2D eigenvalue weighted by atomic mass is 9.77. The maximum absolute atomic E-state index is 10.4. The molecular weight excluding hydrogens is 266 g/mol. The molecule has 0 amide bonds. The Labute approximate surface area is 127 Å². The number of aliphatic hydroxyl groups is 2. The molecule has 2 N–H and O–H groups in total. The van der Waals surface area contributed by atoms with Gasteiger partial charge < -0.3 is 19.8 Å². The van der Waals surface area contributed by atoms with Crippen LogP contribution in [0.25, 0.3) is 0 Å². The van der Waals surface area contributed by atoms with E-state index in [0.29, 0.717) is 6.54 Å². The number of nitrogens with zero attached hydrogens (tertiary/aromatic N) is 1. The number of rotatable bonds is 6. The predicted octanol–water partition coefficient (Wildman–Crippen LogP) is 2.21. The van der Waals surface area contributed by atoms with Crippen LogP contribution >= 0.6 is 0 Å². The minimum atomic E-state index is -0.497. The van der Waals surface area contributed by atoms with Gasteiger partial charge in [0.2, 0.25) is 0 Å². The Hall–Kier alpha value is -1.10. The van der Waals surface area contributed by atoms with Crippen molar-refractivity contribution >= 4 is 0 Å². The van der Waals surface area contributed by atoms with Crippen LogP contribution in [0.1, 0.15) is 37.9 Å². The first-order valence-electron chi connectivity index (χ1n) is 7.78. The molecule has 21 heavy (non-hydrogen) atoms. The molecule has 4 nitrogen and oxygen atoms in total. The molecule has 1 fully saturated rings. The van der Waals surface area contributed by atoms with Gasteiger partial charge in [0, 0.05) is 13.2 Å². The summed E-state index contributed by atoms with van der Waals surface area (Å²) in [6.45, 7) is 4.94. The maximum Gasteiger partial charge on any atom is 0.119 e. The fraction of sp³-hybridized carbons (Fsp3) is 0.647. The van der Waals surface area contributed by atoms with E-state index in [1.807, 2.05) is 24.3 Å². The van der Waals surface area contributed by atoms with E-state index in [0.717, 1.165) is 43.7 Å². The molecule has 1 aliphatic heterocycles. The first-order valence-corrected chi connectivity index (χ1v) is 7.78. The van der Waals surface area contributed by atoms with Crippen molar-refractivity contribution in [2.45, 2.75) is 32.3 Å². The molecule has 0 saturated carbocycles. The van der Waals surface area contributed by atoms with Crippen molar-refractivity contribution in [2.24, 2.45) is 5.41 Å². The van der Waals surface area contributed by atoms with Crippen LogP contribution in [0.3, 0.4) is 0 Å². The Balaban J connectivity index is 1.90. The van der Waals surface area contributed by atoms with E-state index < -0.39 is 6.10 Å². The van der Waals surface area contributed by atoms with Crippen LogP contribution in [0, 0.1) is 5.41 Å². The van der Waals surface area contributed by atoms with Gasteiger partial charge in [0.1, 0.15) is 5.75 Å². The SMILES string of the molecule is CCC1(CO)CCN(CC(O)c2cccc(OC)c2)CC1. The van der Waals surface area contributed by atoms with Crippen LogP contribution in [0.4, 0.5) is 0 Å². The van der Waals surface area contributed by atoms with Crippen molar-refractivity contribution in [3.63, 3.8) is 0 Å².